The molecule has 0 radical (unpaired) electrons. The zero-order valence-corrected chi connectivity index (χ0v) is 59.0. The van der Waals surface area contributed by atoms with Crippen LogP contribution in [0.5, 0.6) is 0 Å². The second-order valence-corrected chi connectivity index (χ2v) is 30.1. The van der Waals surface area contributed by atoms with Gasteiger partial charge < -0.3 is 51.6 Å². The van der Waals surface area contributed by atoms with Crippen molar-refractivity contribution in [3.8, 4) is 22.4 Å². The summed E-state index contributed by atoms with van der Waals surface area (Å²) in [5.41, 5.74) is 10.6. The van der Waals surface area contributed by atoms with Crippen molar-refractivity contribution < 1.29 is 67.6 Å². The van der Waals surface area contributed by atoms with Crippen molar-refractivity contribution in [2.75, 3.05) is 54.9 Å². The lowest BCUT2D eigenvalue weighted by molar-refractivity contribution is -0.248. The molecule has 6 aliphatic rings. The number of nitrogens with zero attached hydrogens (tertiary/aromatic N) is 7. The number of rotatable bonds is 31. The average Bonchev–Trinajstić information content (AvgIpc) is 0.785. The zero-order valence-electron chi connectivity index (χ0n) is 58.1. The summed E-state index contributed by atoms with van der Waals surface area (Å²) in [7, 11) is 0. The highest BCUT2D eigenvalue weighted by atomic mass is 32.1. The molecule has 4 fully saturated rings. The van der Waals surface area contributed by atoms with Crippen LogP contribution in [0.4, 0.5) is 30.9 Å². The second-order valence-electron chi connectivity index (χ2n) is 29.1. The molecule has 0 spiro atoms. The highest BCUT2D eigenvalue weighted by Crippen LogP contribution is 2.72. The quantitative estimate of drug-likeness (QED) is 0.0148. The van der Waals surface area contributed by atoms with Crippen LogP contribution < -0.4 is 37.2 Å². The van der Waals surface area contributed by atoms with E-state index in [-0.39, 0.29) is 117 Å². The van der Waals surface area contributed by atoms with E-state index >= 15 is 0 Å². The Morgan fingerprint density at radius 3 is 2.24 bits per heavy atom. The molecule has 2 unspecified atom stereocenters. The van der Waals surface area contributed by atoms with Crippen LogP contribution in [-0.2, 0) is 57.8 Å². The van der Waals surface area contributed by atoms with Crippen LogP contribution in [0.2, 0.25) is 0 Å². The number of aryl methyl sites for hydroxylation is 1. The van der Waals surface area contributed by atoms with E-state index in [9.17, 15) is 58.2 Å². The first-order valence-corrected chi connectivity index (χ1v) is 35.7. The van der Waals surface area contributed by atoms with Crippen LogP contribution >= 0.6 is 11.3 Å². The van der Waals surface area contributed by atoms with Crippen LogP contribution in [0.3, 0.4) is 0 Å². The van der Waals surface area contributed by atoms with Crippen LogP contribution in [0.1, 0.15) is 145 Å². The van der Waals surface area contributed by atoms with Gasteiger partial charge in [0.15, 0.2) is 10.8 Å². The number of hydrogen-bond donors (Lipinski definition) is 8. The molecule has 4 saturated carbocycles. The summed E-state index contributed by atoms with van der Waals surface area (Å²) in [4.78, 5) is 142. The van der Waals surface area contributed by atoms with Crippen molar-refractivity contribution in [3.63, 3.8) is 0 Å². The topological polar surface area (TPSA) is 369 Å². The summed E-state index contributed by atoms with van der Waals surface area (Å²) >= 11 is 1.40. The summed E-state index contributed by atoms with van der Waals surface area (Å²) in [6, 6.07) is 20.4. The molecule has 4 atom stereocenters. The Balaban J connectivity index is 0.696. The number of anilines is 3. The van der Waals surface area contributed by atoms with Gasteiger partial charge in [-0.3, -0.25) is 48.6 Å². The number of thiazole rings is 1. The Bertz CT molecular complexity index is 4180. The number of imide groups is 1. The Morgan fingerprint density at radius 2 is 1.53 bits per heavy atom. The fourth-order valence-electron chi connectivity index (χ4n) is 16.6. The molecule has 4 bridgehead atoms. The predicted molar refractivity (Wildman–Crippen MR) is 381 cm³/mol. The summed E-state index contributed by atoms with van der Waals surface area (Å²) in [6.07, 6.45) is 11.8. The van der Waals surface area contributed by atoms with E-state index in [1.807, 2.05) is 60.1 Å². The first-order valence-electron chi connectivity index (χ1n) is 34.9. The van der Waals surface area contributed by atoms with Gasteiger partial charge in [0.25, 0.3) is 11.8 Å². The maximum Gasteiger partial charge on any atom is 0.410 e. The highest BCUT2D eigenvalue weighted by molar-refractivity contribution is 7.22. The number of carbonyl (C=O) groups is 10. The second kappa shape index (κ2) is 31.0. The summed E-state index contributed by atoms with van der Waals surface area (Å²) in [5, 5.41) is 39.7. The van der Waals surface area contributed by atoms with Gasteiger partial charge in [-0.15, -0.1) is 0 Å². The van der Waals surface area contributed by atoms with E-state index in [1.165, 1.54) is 28.4 Å². The predicted octanol–water partition coefficient (Wildman–Crippen LogP) is 9.96. The van der Waals surface area contributed by atoms with Crippen molar-refractivity contribution in [2.45, 2.75) is 162 Å². The Kier molecular flexibility index (Phi) is 22.2. The molecule has 10 amide bonds. The van der Waals surface area contributed by atoms with Crippen molar-refractivity contribution in [2.24, 2.45) is 27.9 Å². The Hall–Kier alpha value is -10.1. The normalized spacial score (nSPS) is 20.8. The number of para-hydroxylation sites is 1. The maximum atomic E-state index is 13.9. The third kappa shape index (κ3) is 17.4. The number of nitrogens with two attached hydrogens (primary N) is 1. The fraction of sp³-hybridized carbons (Fsp3) is 0.473. The lowest BCUT2D eigenvalue weighted by Crippen LogP contribution is -2.64. The summed E-state index contributed by atoms with van der Waals surface area (Å²) in [6.45, 7) is 11.4. The number of aliphatic carboxylic acids is 1. The third-order valence-electron chi connectivity index (χ3n) is 20.1. The zero-order chi connectivity index (χ0) is 72.7. The number of amides is 10. The number of primary amides is 1. The number of hydrogen-bond acceptors (Lipinski definition) is 16. The number of pyridine rings is 1. The van der Waals surface area contributed by atoms with Crippen LogP contribution in [0, 0.1) is 29.1 Å². The van der Waals surface area contributed by atoms with Gasteiger partial charge in [-0.1, -0.05) is 81.9 Å². The molecule has 28 heteroatoms. The van der Waals surface area contributed by atoms with Gasteiger partial charge in [-0.05, 0) is 160 Å². The van der Waals surface area contributed by atoms with Gasteiger partial charge >= 0.3 is 30.1 Å². The molecule has 6 aromatic rings. The number of carbonyl (C=O) groups excluding carboxylic acids is 8. The minimum atomic E-state index is -1.19. The molecular formula is C74H89N13O14S. The van der Waals surface area contributed by atoms with E-state index in [4.69, 9.17) is 25.3 Å². The van der Waals surface area contributed by atoms with Gasteiger partial charge in [0, 0.05) is 91.6 Å². The summed E-state index contributed by atoms with van der Waals surface area (Å²) < 4.78 is 15.7. The monoisotopic (exact) mass is 1420 g/mol. The number of carboxylic acid groups (broad SMARTS) is 2. The van der Waals surface area contributed by atoms with Crippen molar-refractivity contribution in [1.82, 2.24) is 45.5 Å². The maximum absolute atomic E-state index is 13.9. The van der Waals surface area contributed by atoms with Crippen molar-refractivity contribution in [3.05, 3.63) is 120 Å². The molecule has 0 saturated heterocycles. The van der Waals surface area contributed by atoms with E-state index in [0.717, 1.165) is 83.4 Å². The smallest absolute Gasteiger partial charge is 0.410 e. The number of benzene rings is 3. The standard InChI is InChI=1S/C74H89N13O14S/c1-45(2)62(82-58(88)17-7-6-10-30-86-59(89)26-27-60(86)90)65(94)80-55(15-11-29-76-67(75)97)64(93)78-50-22-18-47(19-23-50)37-100-70(99)84(32-28-61(91)92)33-34-101-74-41-71(4)38-72(5,42-74)40-73(39-71,43-74)44-87-46(3)52(36-77-87)51-24-25-53(79-63(51)66(95)96)49-21-20-48-13-12-31-85(56(48)35-49)69(98)83-68-81-54-14-8-9-16-57(54)102-68/h8-9,14,16,18-27,35-36,45,55,62H,6-7,10-13,15,17,28-34,37-44H2,1-5H3,(H,78,93)(H,80,94)(H,82,88)(H,91,92)(H,95,96)(H3,75,76,97)(H,81,83,98)/t55-,62-,71?,72?,73?,74?/m0/s1. The van der Waals surface area contributed by atoms with Gasteiger partial charge in [-0.25, -0.2) is 29.1 Å². The largest absolute Gasteiger partial charge is 0.481 e. The highest BCUT2D eigenvalue weighted by Gasteiger charge is 2.66. The lowest BCUT2D eigenvalue weighted by Gasteiger charge is -2.69. The van der Waals surface area contributed by atoms with Crippen LogP contribution in [-0.4, -0.2) is 156 Å². The molecule has 2 aliphatic heterocycles. The SMILES string of the molecule is Cc1c(-c2ccc(-c3ccc4c(c3)N(C(=O)Nc3nc5ccccc5s3)CCC4)nc2C(=O)O)cnn1CC12CC3(C)CC(C)(C1)CC(OCCN(CCC(=O)O)C(=O)OCc1ccc(NC(=O)[C@H](CCCNC(N)=O)NC(=O)[C@@H](NC(=O)CCCCCN4C(=O)C=CC4=O)C(C)C)cc1)(C3)C2. The fourth-order valence-corrected chi connectivity index (χ4v) is 17.5. The molecule has 4 aliphatic carbocycles. The van der Waals surface area contributed by atoms with Crippen molar-refractivity contribution in [1.29, 1.82) is 0 Å². The minimum absolute atomic E-state index is 0.0567. The van der Waals surface area contributed by atoms with Gasteiger partial charge in [-0.2, -0.15) is 5.10 Å². The molecular weight excluding hydrogens is 1330 g/mol. The number of nitrogens with one attached hydrogen (secondary N) is 5. The number of carboxylic acids is 2. The Labute approximate surface area is 594 Å². The first kappa shape index (κ1) is 73.1. The first-order chi connectivity index (χ1) is 48.7. The van der Waals surface area contributed by atoms with Gasteiger partial charge in [0.2, 0.25) is 17.7 Å². The number of unbranched alkanes of at least 4 members (excludes halogenated alkanes) is 2. The lowest BCUT2D eigenvalue weighted by atomic mass is 9.39. The number of fused-ring (bicyclic) bond motifs is 2. The molecule has 5 heterocycles. The molecule has 540 valence electrons. The molecule has 3 aromatic heterocycles. The number of aromatic nitrogens is 4. The number of aromatic carboxylic acids is 1. The van der Waals surface area contributed by atoms with Crippen LogP contribution in [0.25, 0.3) is 32.6 Å². The third-order valence-corrected chi connectivity index (χ3v) is 21.1. The minimum Gasteiger partial charge on any atom is -0.481 e. The van der Waals surface area contributed by atoms with Crippen LogP contribution in [0.15, 0.2) is 97.2 Å². The van der Waals surface area contributed by atoms with Crippen molar-refractivity contribution >= 4 is 97.7 Å². The molecule has 3 aromatic carbocycles. The van der Waals surface area contributed by atoms with E-state index in [1.54, 1.807) is 55.3 Å². The molecule has 12 rings (SSSR count). The molecule has 9 N–H and O–H groups in total. The number of ether oxygens (including phenoxy) is 2. The molecule has 102 heavy (non-hydrogen) atoms. The average molecular weight is 1420 g/mol. The molecule has 27 nitrogen and oxygen atoms in total. The van der Waals surface area contributed by atoms with E-state index < -0.39 is 53.6 Å². The van der Waals surface area contributed by atoms with E-state index in [2.05, 4.69) is 45.4 Å². The Morgan fingerprint density at radius 1 is 0.784 bits per heavy atom. The summed E-state index contributed by atoms with van der Waals surface area (Å²) in [5.74, 6) is -4.96. The van der Waals surface area contributed by atoms with Gasteiger partial charge in [0.1, 0.15) is 18.7 Å². The van der Waals surface area contributed by atoms with E-state index in [0.29, 0.717) is 71.1 Å². The number of urea groups is 2. The van der Waals surface area contributed by atoms with Gasteiger partial charge in [0.05, 0.1) is 40.7 Å².